The van der Waals surface area contributed by atoms with Gasteiger partial charge in [0.15, 0.2) is 0 Å². The van der Waals surface area contributed by atoms with Gasteiger partial charge in [-0.1, -0.05) is 27.2 Å². The van der Waals surface area contributed by atoms with Gasteiger partial charge in [0.05, 0.1) is 0 Å². The van der Waals surface area contributed by atoms with Gasteiger partial charge in [0.25, 0.3) is 0 Å². The van der Waals surface area contributed by atoms with E-state index in [-0.39, 0.29) is 0 Å². The molecule has 0 aliphatic carbocycles. The molecular formula is C10H19N3. The highest BCUT2D eigenvalue weighted by atomic mass is 15.2. The monoisotopic (exact) mass is 181 g/mol. The molecule has 1 aromatic rings. The molecule has 1 unspecified atom stereocenters. The van der Waals surface area contributed by atoms with Gasteiger partial charge in [-0.25, -0.2) is 0 Å². The van der Waals surface area contributed by atoms with Gasteiger partial charge in [-0.2, -0.15) is 5.10 Å². The van der Waals surface area contributed by atoms with E-state index in [1.807, 2.05) is 0 Å². The molecule has 74 valence electrons. The zero-order chi connectivity index (χ0) is 9.84. The van der Waals surface area contributed by atoms with Crippen LogP contribution in [0.4, 0.5) is 5.82 Å². The number of nitrogens with two attached hydrogens (primary N) is 1. The third kappa shape index (κ3) is 2.23. The van der Waals surface area contributed by atoms with Crippen molar-refractivity contribution in [3.8, 4) is 0 Å². The Labute approximate surface area is 79.7 Å². The lowest BCUT2D eigenvalue weighted by molar-refractivity contribution is 0.549. The smallest absolute Gasteiger partial charge is 0.148 e. The number of nitrogens with one attached hydrogen (secondary N) is 1. The summed E-state index contributed by atoms with van der Waals surface area (Å²) in [7, 11) is 0. The van der Waals surface area contributed by atoms with Crippen LogP contribution < -0.4 is 5.73 Å². The molecule has 0 amide bonds. The quantitative estimate of drug-likeness (QED) is 0.747. The minimum atomic E-state index is 0.667. The molecule has 0 aliphatic rings. The highest BCUT2D eigenvalue weighted by Crippen LogP contribution is 2.18. The van der Waals surface area contributed by atoms with E-state index in [0.29, 0.717) is 11.7 Å². The van der Waals surface area contributed by atoms with E-state index >= 15 is 0 Å². The Morgan fingerprint density at radius 3 is 2.69 bits per heavy atom. The molecule has 3 N–H and O–H groups in total. The van der Waals surface area contributed by atoms with Gasteiger partial charge in [0, 0.05) is 11.3 Å². The van der Waals surface area contributed by atoms with Crippen LogP contribution in [0.5, 0.6) is 0 Å². The Kier molecular flexibility index (Phi) is 3.34. The minimum absolute atomic E-state index is 0.667. The molecule has 1 heterocycles. The highest BCUT2D eigenvalue weighted by Gasteiger charge is 2.10. The first-order chi connectivity index (χ1) is 6.19. The number of anilines is 1. The summed E-state index contributed by atoms with van der Waals surface area (Å²) < 4.78 is 0. The van der Waals surface area contributed by atoms with Crippen LogP contribution in [-0.4, -0.2) is 10.2 Å². The predicted molar refractivity (Wildman–Crippen MR) is 55.5 cm³/mol. The van der Waals surface area contributed by atoms with Crippen LogP contribution >= 0.6 is 0 Å². The van der Waals surface area contributed by atoms with Crippen LogP contribution in [0.15, 0.2) is 0 Å². The lowest BCUT2D eigenvalue weighted by atomic mass is 10.00. The number of H-pyrrole nitrogens is 1. The first-order valence-corrected chi connectivity index (χ1v) is 5.00. The molecule has 0 aliphatic heterocycles. The molecule has 3 heteroatoms. The first-order valence-electron chi connectivity index (χ1n) is 5.00. The first kappa shape index (κ1) is 10.1. The van der Waals surface area contributed by atoms with E-state index in [0.717, 1.165) is 12.8 Å². The standard InChI is InChI=1S/C10H19N3/c1-4-7(3)6-9-8(5-2)10(11)13-12-9/h7H,4-6H2,1-3H3,(H3,11,12,13). The van der Waals surface area contributed by atoms with Crippen molar-refractivity contribution in [2.45, 2.75) is 40.0 Å². The van der Waals surface area contributed by atoms with Crippen LogP contribution in [0.2, 0.25) is 0 Å². The number of nitrogen functional groups attached to an aromatic ring is 1. The maximum Gasteiger partial charge on any atom is 0.148 e. The molecule has 0 fully saturated rings. The molecule has 1 rings (SSSR count). The molecule has 0 aromatic carbocycles. The van der Waals surface area contributed by atoms with Crippen molar-refractivity contribution in [3.05, 3.63) is 11.3 Å². The predicted octanol–water partition coefficient (Wildman–Crippen LogP) is 2.14. The van der Waals surface area contributed by atoms with Crippen LogP contribution in [-0.2, 0) is 12.8 Å². The van der Waals surface area contributed by atoms with E-state index in [2.05, 4.69) is 31.0 Å². The number of nitrogens with zero attached hydrogens (tertiary/aromatic N) is 1. The van der Waals surface area contributed by atoms with Gasteiger partial charge in [0.1, 0.15) is 5.82 Å². The molecule has 0 saturated carbocycles. The van der Waals surface area contributed by atoms with Gasteiger partial charge in [-0.05, 0) is 18.8 Å². The number of aromatic nitrogens is 2. The summed E-state index contributed by atoms with van der Waals surface area (Å²) in [6.07, 6.45) is 3.22. The fraction of sp³-hybridized carbons (Fsp3) is 0.700. The molecule has 1 atom stereocenters. The van der Waals surface area contributed by atoms with E-state index in [4.69, 9.17) is 5.73 Å². The lowest BCUT2D eigenvalue weighted by Gasteiger charge is -2.07. The molecule has 0 radical (unpaired) electrons. The second-order valence-corrected chi connectivity index (χ2v) is 3.64. The molecule has 0 bridgehead atoms. The maximum atomic E-state index is 5.73. The van der Waals surface area contributed by atoms with Crippen LogP contribution in [0.25, 0.3) is 0 Å². The van der Waals surface area contributed by atoms with Crippen molar-refractivity contribution >= 4 is 5.82 Å². The normalized spacial score (nSPS) is 13.2. The van der Waals surface area contributed by atoms with Crippen molar-refractivity contribution in [1.29, 1.82) is 0 Å². The largest absolute Gasteiger partial charge is 0.382 e. The molecule has 3 nitrogen and oxygen atoms in total. The third-order valence-corrected chi connectivity index (χ3v) is 2.59. The molecular weight excluding hydrogens is 162 g/mol. The Bertz CT molecular complexity index is 265. The van der Waals surface area contributed by atoms with Crippen LogP contribution in [0.1, 0.15) is 38.4 Å². The van der Waals surface area contributed by atoms with E-state index < -0.39 is 0 Å². The molecule has 13 heavy (non-hydrogen) atoms. The van der Waals surface area contributed by atoms with E-state index in [1.165, 1.54) is 17.7 Å². The zero-order valence-electron chi connectivity index (χ0n) is 8.72. The SMILES string of the molecule is CCc1c(N)n[nH]c1CC(C)CC. The average Bonchev–Trinajstić information content (AvgIpc) is 2.46. The third-order valence-electron chi connectivity index (χ3n) is 2.59. The summed E-state index contributed by atoms with van der Waals surface area (Å²) >= 11 is 0. The van der Waals surface area contributed by atoms with Gasteiger partial charge in [0.2, 0.25) is 0 Å². The molecule has 0 spiro atoms. The van der Waals surface area contributed by atoms with Crippen molar-refractivity contribution in [2.75, 3.05) is 5.73 Å². The summed E-state index contributed by atoms with van der Waals surface area (Å²) in [6.45, 7) is 6.56. The fourth-order valence-electron chi connectivity index (χ4n) is 1.47. The van der Waals surface area contributed by atoms with E-state index in [9.17, 15) is 0 Å². The fourth-order valence-corrected chi connectivity index (χ4v) is 1.47. The van der Waals surface area contributed by atoms with Crippen molar-refractivity contribution in [3.63, 3.8) is 0 Å². The Hall–Kier alpha value is -0.990. The van der Waals surface area contributed by atoms with Gasteiger partial charge >= 0.3 is 0 Å². The summed E-state index contributed by atoms with van der Waals surface area (Å²) in [5.74, 6) is 1.37. The van der Waals surface area contributed by atoms with Gasteiger partial charge in [-0.15, -0.1) is 0 Å². The zero-order valence-corrected chi connectivity index (χ0v) is 8.72. The Morgan fingerprint density at radius 2 is 2.15 bits per heavy atom. The summed E-state index contributed by atoms with van der Waals surface area (Å²) in [5.41, 5.74) is 8.14. The van der Waals surface area contributed by atoms with Gasteiger partial charge < -0.3 is 5.73 Å². The Morgan fingerprint density at radius 1 is 1.46 bits per heavy atom. The van der Waals surface area contributed by atoms with Crippen LogP contribution in [0, 0.1) is 5.92 Å². The summed E-state index contributed by atoms with van der Waals surface area (Å²) in [5, 5.41) is 7.04. The number of hydrogen-bond donors (Lipinski definition) is 2. The number of rotatable bonds is 4. The topological polar surface area (TPSA) is 54.7 Å². The van der Waals surface area contributed by atoms with Crippen molar-refractivity contribution in [2.24, 2.45) is 5.92 Å². The molecule has 0 saturated heterocycles. The number of hydrogen-bond acceptors (Lipinski definition) is 2. The second kappa shape index (κ2) is 4.30. The summed E-state index contributed by atoms with van der Waals surface area (Å²) in [4.78, 5) is 0. The Balaban J connectivity index is 2.76. The van der Waals surface area contributed by atoms with Crippen LogP contribution in [0.3, 0.4) is 0 Å². The summed E-state index contributed by atoms with van der Waals surface area (Å²) in [6, 6.07) is 0. The van der Waals surface area contributed by atoms with Gasteiger partial charge in [-0.3, -0.25) is 5.10 Å². The number of aromatic amines is 1. The van der Waals surface area contributed by atoms with Crippen molar-refractivity contribution in [1.82, 2.24) is 10.2 Å². The minimum Gasteiger partial charge on any atom is -0.382 e. The maximum absolute atomic E-state index is 5.73. The molecule has 1 aromatic heterocycles. The lowest BCUT2D eigenvalue weighted by Crippen LogP contribution is -2.01. The average molecular weight is 181 g/mol. The van der Waals surface area contributed by atoms with Crippen molar-refractivity contribution < 1.29 is 0 Å². The highest BCUT2D eigenvalue weighted by molar-refractivity contribution is 5.42. The second-order valence-electron chi connectivity index (χ2n) is 3.64. The van der Waals surface area contributed by atoms with E-state index in [1.54, 1.807) is 0 Å².